The van der Waals surface area contributed by atoms with Crippen LogP contribution in [0, 0.1) is 5.92 Å². The Morgan fingerprint density at radius 1 is 1.39 bits per heavy atom. The molecule has 0 bridgehead atoms. The number of hydrogen-bond acceptors (Lipinski definition) is 4. The van der Waals surface area contributed by atoms with Crippen molar-refractivity contribution in [2.24, 2.45) is 5.92 Å². The molecule has 5 heteroatoms. The molecule has 1 aromatic carbocycles. The van der Waals surface area contributed by atoms with Gasteiger partial charge in [0, 0.05) is 25.6 Å². The van der Waals surface area contributed by atoms with Gasteiger partial charge < -0.3 is 20.5 Å². The molecule has 1 aromatic rings. The van der Waals surface area contributed by atoms with E-state index in [4.69, 9.17) is 4.74 Å². The average Bonchev–Trinajstić information content (AvgIpc) is 2.81. The molecule has 5 nitrogen and oxygen atoms in total. The third-order valence-corrected chi connectivity index (χ3v) is 3.01. The van der Waals surface area contributed by atoms with Crippen molar-refractivity contribution in [1.82, 2.24) is 10.6 Å². The molecule has 0 saturated carbocycles. The number of nitrogens with one attached hydrogen (secondary N) is 2. The van der Waals surface area contributed by atoms with Crippen molar-refractivity contribution in [3.8, 4) is 0 Å². The number of carbonyl (C=O) groups excluding carboxylic acids is 1. The molecular weight excluding hydrogens is 232 g/mol. The minimum atomic E-state index is -0.446. The van der Waals surface area contributed by atoms with Crippen LogP contribution >= 0.6 is 0 Å². The van der Waals surface area contributed by atoms with Crippen LogP contribution in [0.4, 0.5) is 4.79 Å². The van der Waals surface area contributed by atoms with Gasteiger partial charge in [0.15, 0.2) is 0 Å². The molecule has 1 amide bonds. The van der Waals surface area contributed by atoms with Gasteiger partial charge in [-0.2, -0.15) is 0 Å². The summed E-state index contributed by atoms with van der Waals surface area (Å²) in [7, 11) is 0. The molecule has 0 aromatic heterocycles. The maximum absolute atomic E-state index is 11.4. The number of hydrogen-bond donors (Lipinski definition) is 3. The quantitative estimate of drug-likeness (QED) is 0.727. The van der Waals surface area contributed by atoms with Crippen LogP contribution < -0.4 is 10.6 Å². The zero-order chi connectivity index (χ0) is 12.8. The normalized spacial score (nSPS) is 22.7. The second-order valence-corrected chi connectivity index (χ2v) is 4.42. The van der Waals surface area contributed by atoms with Gasteiger partial charge in [-0.15, -0.1) is 0 Å². The first kappa shape index (κ1) is 12.9. The summed E-state index contributed by atoms with van der Waals surface area (Å²) >= 11 is 0. The largest absolute Gasteiger partial charge is 0.449 e. The van der Waals surface area contributed by atoms with E-state index in [2.05, 4.69) is 10.6 Å². The van der Waals surface area contributed by atoms with Crippen LogP contribution in [0.1, 0.15) is 5.56 Å². The van der Waals surface area contributed by atoms with Crippen molar-refractivity contribution in [3.05, 3.63) is 35.9 Å². The third kappa shape index (κ3) is 3.72. The highest BCUT2D eigenvalue weighted by Crippen LogP contribution is 2.09. The maximum Gasteiger partial charge on any atom is 0.407 e. The highest BCUT2D eigenvalue weighted by Gasteiger charge is 2.25. The Kier molecular flexibility index (Phi) is 4.55. The number of alkyl carbamates (subject to hydrolysis) is 1. The summed E-state index contributed by atoms with van der Waals surface area (Å²) < 4.78 is 5.07. The summed E-state index contributed by atoms with van der Waals surface area (Å²) in [5, 5.41) is 15.3. The van der Waals surface area contributed by atoms with Crippen LogP contribution in [0.15, 0.2) is 30.3 Å². The lowest BCUT2D eigenvalue weighted by Gasteiger charge is -2.13. The molecule has 2 atom stereocenters. The van der Waals surface area contributed by atoms with E-state index in [9.17, 15) is 9.90 Å². The molecule has 1 saturated heterocycles. The van der Waals surface area contributed by atoms with Crippen LogP contribution in [-0.4, -0.2) is 37.0 Å². The standard InChI is InChI=1S/C13H18N2O3/c16-12-8-14-7-11(12)9-18-13(17)15-6-10-4-2-1-3-5-10/h1-5,11-12,14,16H,6-9H2,(H,15,17)/t11-,12+/m1/s1. The van der Waals surface area contributed by atoms with Crippen molar-refractivity contribution in [3.63, 3.8) is 0 Å². The molecule has 3 N–H and O–H groups in total. The van der Waals surface area contributed by atoms with Crippen molar-refractivity contribution in [2.75, 3.05) is 19.7 Å². The van der Waals surface area contributed by atoms with Gasteiger partial charge in [0.25, 0.3) is 0 Å². The van der Waals surface area contributed by atoms with E-state index < -0.39 is 12.2 Å². The summed E-state index contributed by atoms with van der Waals surface area (Å²) in [5.74, 6) is -0.00697. The lowest BCUT2D eigenvalue weighted by molar-refractivity contribution is 0.0805. The maximum atomic E-state index is 11.4. The first-order valence-corrected chi connectivity index (χ1v) is 6.09. The molecule has 0 spiro atoms. The molecule has 18 heavy (non-hydrogen) atoms. The number of aliphatic hydroxyl groups is 1. The van der Waals surface area contributed by atoms with Gasteiger partial charge in [0.2, 0.25) is 0 Å². The highest BCUT2D eigenvalue weighted by molar-refractivity contribution is 5.67. The average molecular weight is 250 g/mol. The Hall–Kier alpha value is -1.59. The zero-order valence-electron chi connectivity index (χ0n) is 10.1. The Morgan fingerprint density at radius 2 is 2.17 bits per heavy atom. The molecule has 98 valence electrons. The summed E-state index contributed by atoms with van der Waals surface area (Å²) in [6, 6.07) is 9.64. The second kappa shape index (κ2) is 6.37. The van der Waals surface area contributed by atoms with E-state index in [-0.39, 0.29) is 12.5 Å². The van der Waals surface area contributed by atoms with Gasteiger partial charge in [0.1, 0.15) is 0 Å². The van der Waals surface area contributed by atoms with Gasteiger partial charge >= 0.3 is 6.09 Å². The zero-order valence-corrected chi connectivity index (χ0v) is 10.1. The Bertz CT molecular complexity index is 383. The molecule has 1 aliphatic rings. The van der Waals surface area contributed by atoms with Gasteiger partial charge in [-0.25, -0.2) is 4.79 Å². The molecule has 2 rings (SSSR count). The summed E-state index contributed by atoms with van der Waals surface area (Å²) in [6.07, 6.45) is -0.870. The Morgan fingerprint density at radius 3 is 2.83 bits per heavy atom. The first-order chi connectivity index (χ1) is 8.75. The van der Waals surface area contributed by atoms with Crippen molar-refractivity contribution < 1.29 is 14.6 Å². The highest BCUT2D eigenvalue weighted by atomic mass is 16.5. The number of β-amino-alcohol motifs (C(OH)–C–C–N with tert-alkyl or cyclic N) is 1. The van der Waals surface area contributed by atoms with E-state index in [1.165, 1.54) is 0 Å². The molecule has 0 radical (unpaired) electrons. The van der Waals surface area contributed by atoms with Crippen LogP contribution in [0.5, 0.6) is 0 Å². The van der Waals surface area contributed by atoms with Crippen LogP contribution in [0.2, 0.25) is 0 Å². The van der Waals surface area contributed by atoms with Crippen LogP contribution in [0.25, 0.3) is 0 Å². The fourth-order valence-electron chi connectivity index (χ4n) is 1.89. The number of rotatable bonds is 4. The van der Waals surface area contributed by atoms with Gasteiger partial charge in [-0.1, -0.05) is 30.3 Å². The van der Waals surface area contributed by atoms with E-state index in [1.54, 1.807) is 0 Å². The molecule has 0 unspecified atom stereocenters. The number of benzene rings is 1. The lowest BCUT2D eigenvalue weighted by atomic mass is 10.1. The fraction of sp³-hybridized carbons (Fsp3) is 0.462. The minimum absolute atomic E-state index is 0.00697. The predicted octanol–water partition coefficient (Wildman–Crippen LogP) is 0.493. The number of amides is 1. The predicted molar refractivity (Wildman–Crippen MR) is 67.0 cm³/mol. The van der Waals surface area contributed by atoms with E-state index >= 15 is 0 Å². The van der Waals surface area contributed by atoms with Crippen molar-refractivity contribution in [2.45, 2.75) is 12.6 Å². The van der Waals surface area contributed by atoms with Gasteiger partial charge in [-0.3, -0.25) is 0 Å². The fourth-order valence-corrected chi connectivity index (χ4v) is 1.89. The Balaban J connectivity index is 1.66. The van der Waals surface area contributed by atoms with Crippen LogP contribution in [0.3, 0.4) is 0 Å². The molecular formula is C13H18N2O3. The summed E-state index contributed by atoms with van der Waals surface area (Å²) in [4.78, 5) is 11.4. The molecule has 1 heterocycles. The Labute approximate surface area is 106 Å². The smallest absolute Gasteiger partial charge is 0.407 e. The van der Waals surface area contributed by atoms with Gasteiger partial charge in [0.05, 0.1) is 12.7 Å². The van der Waals surface area contributed by atoms with E-state index in [0.717, 1.165) is 5.56 Å². The van der Waals surface area contributed by atoms with E-state index in [0.29, 0.717) is 19.6 Å². The monoisotopic (exact) mass is 250 g/mol. The van der Waals surface area contributed by atoms with E-state index in [1.807, 2.05) is 30.3 Å². The number of ether oxygens (including phenoxy) is 1. The molecule has 1 fully saturated rings. The minimum Gasteiger partial charge on any atom is -0.449 e. The summed E-state index contributed by atoms with van der Waals surface area (Å²) in [6.45, 7) is 1.95. The van der Waals surface area contributed by atoms with Crippen LogP contribution in [-0.2, 0) is 11.3 Å². The molecule has 0 aliphatic carbocycles. The second-order valence-electron chi connectivity index (χ2n) is 4.42. The third-order valence-electron chi connectivity index (χ3n) is 3.01. The lowest BCUT2D eigenvalue weighted by Crippen LogP contribution is -2.29. The van der Waals surface area contributed by atoms with Crippen molar-refractivity contribution >= 4 is 6.09 Å². The summed E-state index contributed by atoms with van der Waals surface area (Å²) in [5.41, 5.74) is 1.03. The SMILES string of the molecule is O=C(NCc1ccccc1)OC[C@H]1CNC[C@@H]1O. The molecule has 1 aliphatic heterocycles. The first-order valence-electron chi connectivity index (χ1n) is 6.09. The van der Waals surface area contributed by atoms with Gasteiger partial charge in [-0.05, 0) is 5.56 Å². The van der Waals surface area contributed by atoms with Crippen molar-refractivity contribution in [1.29, 1.82) is 0 Å². The number of aliphatic hydroxyl groups excluding tert-OH is 1. The number of carbonyl (C=O) groups is 1. The topological polar surface area (TPSA) is 70.6 Å².